The maximum Gasteiger partial charge on any atom is 0.133 e. The van der Waals surface area contributed by atoms with Crippen LogP contribution in [0.4, 0.5) is 13.2 Å². The van der Waals surface area contributed by atoms with E-state index in [1.165, 1.54) is 0 Å². The third-order valence-electron chi connectivity index (χ3n) is 3.40. The summed E-state index contributed by atoms with van der Waals surface area (Å²) in [4.78, 5) is 0. The Morgan fingerprint density at radius 2 is 1.72 bits per heavy atom. The summed E-state index contributed by atoms with van der Waals surface area (Å²) in [7, 11) is 1.66. The monoisotopic (exact) mass is 259 g/mol. The Hall–Kier alpha value is -1.07. The van der Waals surface area contributed by atoms with Gasteiger partial charge in [0.25, 0.3) is 0 Å². The number of benzene rings is 1. The highest BCUT2D eigenvalue weighted by Gasteiger charge is 2.29. The van der Waals surface area contributed by atoms with E-state index in [0.717, 1.165) is 25.0 Å². The van der Waals surface area contributed by atoms with Crippen LogP contribution in [0.3, 0.4) is 0 Å². The number of hydrogen-bond acceptors (Lipinski definition) is 2. The molecule has 0 radical (unpaired) electrons. The fourth-order valence-electron chi connectivity index (χ4n) is 2.52. The standard InChI is InChI=1S/C13H16F3NO/c1-17-13(8-2-4-18-5-3-8)12-10(15)6-9(14)7-11(12)16/h6-8,13,17H,2-5H2,1H3. The van der Waals surface area contributed by atoms with Crippen LogP contribution in [-0.4, -0.2) is 20.3 Å². The topological polar surface area (TPSA) is 21.3 Å². The summed E-state index contributed by atoms with van der Waals surface area (Å²) in [6, 6.07) is 0.999. The fraction of sp³-hybridized carbons (Fsp3) is 0.538. The molecule has 2 nitrogen and oxygen atoms in total. The van der Waals surface area contributed by atoms with Gasteiger partial charge >= 0.3 is 0 Å². The SMILES string of the molecule is CNC(c1c(F)cc(F)cc1F)C1CCOCC1. The largest absolute Gasteiger partial charge is 0.381 e. The molecule has 18 heavy (non-hydrogen) atoms. The van der Waals surface area contributed by atoms with E-state index in [9.17, 15) is 13.2 Å². The lowest BCUT2D eigenvalue weighted by molar-refractivity contribution is 0.0536. The van der Waals surface area contributed by atoms with Gasteiger partial charge < -0.3 is 10.1 Å². The smallest absolute Gasteiger partial charge is 0.133 e. The molecule has 1 atom stereocenters. The molecule has 1 N–H and O–H groups in total. The molecule has 0 saturated carbocycles. The molecule has 2 rings (SSSR count). The molecule has 1 aromatic carbocycles. The van der Waals surface area contributed by atoms with Crippen LogP contribution in [-0.2, 0) is 4.74 Å². The quantitative estimate of drug-likeness (QED) is 0.901. The molecule has 0 amide bonds. The molecule has 0 spiro atoms. The summed E-state index contributed by atoms with van der Waals surface area (Å²) >= 11 is 0. The first-order valence-electron chi connectivity index (χ1n) is 6.03. The van der Waals surface area contributed by atoms with Gasteiger partial charge in [-0.2, -0.15) is 0 Å². The molecule has 1 aromatic rings. The predicted octanol–water partition coefficient (Wildman–Crippen LogP) is 2.79. The Morgan fingerprint density at radius 3 is 2.22 bits per heavy atom. The first-order valence-corrected chi connectivity index (χ1v) is 6.03. The molecular formula is C13H16F3NO. The lowest BCUT2D eigenvalue weighted by Gasteiger charge is -2.30. The van der Waals surface area contributed by atoms with Crippen molar-refractivity contribution in [2.24, 2.45) is 5.92 Å². The predicted molar refractivity (Wildman–Crippen MR) is 61.7 cm³/mol. The third-order valence-corrected chi connectivity index (χ3v) is 3.40. The van der Waals surface area contributed by atoms with Gasteiger partial charge in [-0.15, -0.1) is 0 Å². The zero-order chi connectivity index (χ0) is 13.1. The average molecular weight is 259 g/mol. The minimum absolute atomic E-state index is 0.0780. The summed E-state index contributed by atoms with van der Waals surface area (Å²) in [5, 5.41) is 2.93. The van der Waals surface area contributed by atoms with Crippen LogP contribution in [0.15, 0.2) is 12.1 Å². The molecule has 1 unspecified atom stereocenters. The molecule has 1 fully saturated rings. The summed E-state index contributed by atoms with van der Waals surface area (Å²) in [6.45, 7) is 1.18. The molecule has 5 heteroatoms. The Bertz CT molecular complexity index is 396. The van der Waals surface area contributed by atoms with Gasteiger partial charge in [-0.05, 0) is 25.8 Å². The molecule has 1 aliphatic heterocycles. The van der Waals surface area contributed by atoms with Crippen molar-refractivity contribution in [1.29, 1.82) is 0 Å². The Balaban J connectivity index is 2.32. The lowest BCUT2D eigenvalue weighted by atomic mass is 9.86. The maximum atomic E-state index is 13.8. The fourth-order valence-corrected chi connectivity index (χ4v) is 2.52. The van der Waals surface area contributed by atoms with E-state index in [4.69, 9.17) is 4.74 Å². The van der Waals surface area contributed by atoms with Crippen molar-refractivity contribution in [3.63, 3.8) is 0 Å². The van der Waals surface area contributed by atoms with Crippen molar-refractivity contribution in [2.45, 2.75) is 18.9 Å². The van der Waals surface area contributed by atoms with Gasteiger partial charge in [0, 0.05) is 37.0 Å². The minimum Gasteiger partial charge on any atom is -0.381 e. The van der Waals surface area contributed by atoms with Crippen LogP contribution in [0, 0.1) is 23.4 Å². The van der Waals surface area contributed by atoms with Gasteiger partial charge in [-0.25, -0.2) is 13.2 Å². The molecule has 100 valence electrons. The Labute approximate surface area is 104 Å². The van der Waals surface area contributed by atoms with Gasteiger partial charge in [0.05, 0.1) is 0 Å². The molecule has 1 heterocycles. The molecule has 1 aliphatic rings. The number of ether oxygens (including phenoxy) is 1. The normalized spacial score (nSPS) is 18.9. The zero-order valence-electron chi connectivity index (χ0n) is 10.2. The van der Waals surface area contributed by atoms with E-state index in [0.29, 0.717) is 13.2 Å². The van der Waals surface area contributed by atoms with Crippen LogP contribution >= 0.6 is 0 Å². The minimum atomic E-state index is -0.893. The molecule has 0 aliphatic carbocycles. The van der Waals surface area contributed by atoms with Crippen molar-refractivity contribution in [2.75, 3.05) is 20.3 Å². The van der Waals surface area contributed by atoms with E-state index in [-0.39, 0.29) is 11.5 Å². The molecule has 1 saturated heterocycles. The molecule has 0 aromatic heterocycles. The van der Waals surface area contributed by atoms with Crippen molar-refractivity contribution < 1.29 is 17.9 Å². The van der Waals surface area contributed by atoms with Gasteiger partial charge in [0.2, 0.25) is 0 Å². The average Bonchev–Trinajstić information content (AvgIpc) is 2.34. The van der Waals surface area contributed by atoms with Crippen LogP contribution in [0.1, 0.15) is 24.4 Å². The Kier molecular flexibility index (Phi) is 4.24. The van der Waals surface area contributed by atoms with Gasteiger partial charge in [0.15, 0.2) is 0 Å². The first kappa shape index (κ1) is 13.4. The second kappa shape index (κ2) is 5.71. The third kappa shape index (κ3) is 2.67. The van der Waals surface area contributed by atoms with Crippen LogP contribution < -0.4 is 5.32 Å². The highest BCUT2D eigenvalue weighted by molar-refractivity contribution is 5.25. The zero-order valence-corrected chi connectivity index (χ0v) is 10.2. The summed E-state index contributed by atoms with van der Waals surface area (Å²) < 4.78 is 45.6. The lowest BCUT2D eigenvalue weighted by Crippen LogP contribution is -2.31. The molecule has 0 bridgehead atoms. The van der Waals surface area contributed by atoms with Gasteiger partial charge in [-0.1, -0.05) is 0 Å². The number of nitrogens with one attached hydrogen (secondary N) is 1. The second-order valence-corrected chi connectivity index (χ2v) is 4.50. The Morgan fingerprint density at radius 1 is 1.17 bits per heavy atom. The van der Waals surface area contributed by atoms with Crippen molar-refractivity contribution >= 4 is 0 Å². The summed E-state index contributed by atoms with van der Waals surface area (Å²) in [5.74, 6) is -2.47. The van der Waals surface area contributed by atoms with Gasteiger partial charge in [-0.3, -0.25) is 0 Å². The van der Waals surface area contributed by atoms with Crippen LogP contribution in [0.25, 0.3) is 0 Å². The van der Waals surface area contributed by atoms with Crippen LogP contribution in [0.2, 0.25) is 0 Å². The summed E-state index contributed by atoms with van der Waals surface area (Å²) in [6.07, 6.45) is 1.48. The summed E-state index contributed by atoms with van der Waals surface area (Å²) in [5.41, 5.74) is -0.0780. The van der Waals surface area contributed by atoms with Crippen molar-refractivity contribution in [3.05, 3.63) is 35.1 Å². The van der Waals surface area contributed by atoms with E-state index in [2.05, 4.69) is 5.32 Å². The van der Waals surface area contributed by atoms with Crippen LogP contribution in [0.5, 0.6) is 0 Å². The molecular weight excluding hydrogens is 243 g/mol. The van der Waals surface area contributed by atoms with Crippen molar-refractivity contribution in [1.82, 2.24) is 5.32 Å². The van der Waals surface area contributed by atoms with E-state index in [1.807, 2.05) is 0 Å². The van der Waals surface area contributed by atoms with Crippen molar-refractivity contribution in [3.8, 4) is 0 Å². The highest BCUT2D eigenvalue weighted by Crippen LogP contribution is 2.33. The van der Waals surface area contributed by atoms with E-state index >= 15 is 0 Å². The van der Waals surface area contributed by atoms with Gasteiger partial charge in [0.1, 0.15) is 17.5 Å². The first-order chi connectivity index (χ1) is 8.63. The number of rotatable bonds is 3. The second-order valence-electron chi connectivity index (χ2n) is 4.50. The highest BCUT2D eigenvalue weighted by atomic mass is 19.1. The number of hydrogen-bond donors (Lipinski definition) is 1. The maximum absolute atomic E-state index is 13.8. The van der Waals surface area contributed by atoms with E-state index < -0.39 is 23.5 Å². The number of halogens is 3. The van der Waals surface area contributed by atoms with E-state index in [1.54, 1.807) is 7.05 Å².